The van der Waals surface area contributed by atoms with Crippen molar-refractivity contribution in [3.63, 3.8) is 0 Å². The molecule has 8 heteroatoms. The maximum atomic E-state index is 12.3. The van der Waals surface area contributed by atoms with Gasteiger partial charge in [-0.1, -0.05) is 11.6 Å². The number of ether oxygens (including phenoxy) is 1. The second kappa shape index (κ2) is 4.65. The van der Waals surface area contributed by atoms with Crippen molar-refractivity contribution in [2.24, 2.45) is 0 Å². The summed E-state index contributed by atoms with van der Waals surface area (Å²) in [5.74, 6) is -0.427. The van der Waals surface area contributed by atoms with Gasteiger partial charge in [-0.25, -0.2) is 4.98 Å². The fourth-order valence-corrected chi connectivity index (χ4v) is 1.98. The molecule has 0 radical (unpaired) electrons. The maximum absolute atomic E-state index is 12.3. The van der Waals surface area contributed by atoms with Gasteiger partial charge in [-0.2, -0.15) is 0 Å². The molecular weight excluding hydrogens is 283 g/mol. The Balaban J connectivity index is 2.73. The van der Waals surface area contributed by atoms with Gasteiger partial charge >= 0.3 is 6.36 Å². The summed E-state index contributed by atoms with van der Waals surface area (Å²) in [6, 6.07) is 2.41. The summed E-state index contributed by atoms with van der Waals surface area (Å²) in [4.78, 5) is 3.86. The summed E-state index contributed by atoms with van der Waals surface area (Å²) < 4.78 is 40.8. The molecule has 0 aliphatic carbocycles. The monoisotopic (exact) mass is 291 g/mol. The Morgan fingerprint density at radius 3 is 2.63 bits per heavy atom. The van der Waals surface area contributed by atoms with Crippen LogP contribution < -0.4 is 15.8 Å². The summed E-state index contributed by atoms with van der Waals surface area (Å²) in [7, 11) is 1.58. The largest absolute Gasteiger partial charge is 0.573 e. The smallest absolute Gasteiger partial charge is 0.403 e. The fourth-order valence-electron chi connectivity index (χ4n) is 1.73. The molecule has 102 valence electrons. The van der Waals surface area contributed by atoms with Gasteiger partial charge in [0, 0.05) is 12.4 Å². The topological polar surface area (TPSA) is 60.2 Å². The molecule has 2 rings (SSSR count). The number of nitrogen functional groups attached to an aromatic ring is 1. The normalized spacial score (nSPS) is 11.6. The highest BCUT2D eigenvalue weighted by atomic mass is 35.5. The number of rotatable bonds is 2. The van der Waals surface area contributed by atoms with Crippen LogP contribution >= 0.6 is 11.6 Å². The van der Waals surface area contributed by atoms with Crippen molar-refractivity contribution in [2.75, 3.05) is 18.1 Å². The molecule has 2 aromatic rings. The van der Waals surface area contributed by atoms with E-state index in [1.165, 1.54) is 12.3 Å². The van der Waals surface area contributed by atoms with E-state index in [9.17, 15) is 13.2 Å². The first-order valence-corrected chi connectivity index (χ1v) is 5.51. The van der Waals surface area contributed by atoms with Crippen LogP contribution in [0.15, 0.2) is 18.3 Å². The van der Waals surface area contributed by atoms with E-state index in [1.807, 2.05) is 0 Å². The molecule has 0 saturated carbocycles. The first-order valence-electron chi connectivity index (χ1n) is 5.13. The highest BCUT2D eigenvalue weighted by Gasteiger charge is 2.32. The zero-order valence-electron chi connectivity index (χ0n) is 9.68. The number of hydrogen-bond acceptors (Lipinski definition) is 4. The molecule has 1 aromatic heterocycles. The second-order valence-electron chi connectivity index (χ2n) is 3.66. The minimum Gasteiger partial charge on any atom is -0.403 e. The molecule has 0 unspecified atom stereocenters. The lowest BCUT2D eigenvalue weighted by atomic mass is 10.1. The van der Waals surface area contributed by atoms with Gasteiger partial charge in [-0.15, -0.1) is 13.2 Å². The van der Waals surface area contributed by atoms with E-state index >= 15 is 0 Å². The number of benzene rings is 1. The minimum absolute atomic E-state index is 0.0108. The van der Waals surface area contributed by atoms with Gasteiger partial charge in [0.05, 0.1) is 22.6 Å². The standard InChI is InChI=1S/C11H9ClF3N3O/c1-17-9-6(16)4-18-10-7(19-11(13,14)15)3-2-5(12)8(9)10/h2-4H,16H2,1H3,(H,17,18). The van der Waals surface area contributed by atoms with Gasteiger partial charge in [-0.3, -0.25) is 0 Å². The van der Waals surface area contributed by atoms with Crippen molar-refractivity contribution in [3.8, 4) is 5.75 Å². The predicted molar refractivity (Wildman–Crippen MR) is 67.4 cm³/mol. The number of aromatic nitrogens is 1. The molecule has 3 N–H and O–H groups in total. The molecule has 4 nitrogen and oxygen atoms in total. The van der Waals surface area contributed by atoms with Gasteiger partial charge in [0.2, 0.25) is 0 Å². The number of halogens is 4. The Kier molecular flexibility index (Phi) is 3.32. The summed E-state index contributed by atoms with van der Waals surface area (Å²) in [5, 5.41) is 3.30. The van der Waals surface area contributed by atoms with Crippen LogP contribution in [0.1, 0.15) is 0 Å². The molecule has 0 aliphatic rings. The number of nitrogens with two attached hydrogens (primary N) is 1. The zero-order chi connectivity index (χ0) is 14.2. The molecular formula is C11H9ClF3N3O. The van der Waals surface area contributed by atoms with E-state index in [4.69, 9.17) is 17.3 Å². The summed E-state index contributed by atoms with van der Waals surface area (Å²) in [6.45, 7) is 0. The molecule has 1 aromatic carbocycles. The number of pyridine rings is 1. The van der Waals surface area contributed by atoms with Gasteiger partial charge in [-0.05, 0) is 12.1 Å². The lowest BCUT2D eigenvalue weighted by Crippen LogP contribution is -2.17. The van der Waals surface area contributed by atoms with Crippen molar-refractivity contribution in [2.45, 2.75) is 6.36 Å². The lowest BCUT2D eigenvalue weighted by Gasteiger charge is -2.14. The maximum Gasteiger partial charge on any atom is 0.573 e. The molecule has 0 bridgehead atoms. The molecule has 0 spiro atoms. The Labute approximate surface area is 111 Å². The summed E-state index contributed by atoms with van der Waals surface area (Å²) in [5.41, 5.74) is 6.37. The van der Waals surface area contributed by atoms with E-state index in [0.717, 1.165) is 6.07 Å². The molecule has 0 atom stereocenters. The third-order valence-corrected chi connectivity index (χ3v) is 2.75. The van der Waals surface area contributed by atoms with Gasteiger partial charge in [0.15, 0.2) is 5.75 Å². The van der Waals surface area contributed by atoms with E-state index in [1.54, 1.807) is 7.05 Å². The second-order valence-corrected chi connectivity index (χ2v) is 4.06. The summed E-state index contributed by atoms with van der Waals surface area (Å²) >= 11 is 5.98. The SMILES string of the molecule is CNc1c(N)cnc2c(OC(F)(F)F)ccc(Cl)c12. The molecule has 0 amide bonds. The van der Waals surface area contributed by atoms with Gasteiger partial charge in [0.1, 0.15) is 5.52 Å². The van der Waals surface area contributed by atoms with Crippen LogP contribution in [0.3, 0.4) is 0 Å². The number of alkyl halides is 3. The number of hydrogen-bond donors (Lipinski definition) is 2. The van der Waals surface area contributed by atoms with Crippen LogP contribution in [0.4, 0.5) is 24.5 Å². The quantitative estimate of drug-likeness (QED) is 0.890. The number of nitrogens with zero attached hydrogens (tertiary/aromatic N) is 1. The van der Waals surface area contributed by atoms with Crippen LogP contribution in [0, 0.1) is 0 Å². The number of anilines is 2. The van der Waals surface area contributed by atoms with Crippen molar-refractivity contribution in [3.05, 3.63) is 23.4 Å². The van der Waals surface area contributed by atoms with E-state index in [2.05, 4.69) is 15.0 Å². The first kappa shape index (κ1) is 13.5. The average Bonchev–Trinajstić information content (AvgIpc) is 2.31. The van der Waals surface area contributed by atoms with Crippen LogP contribution in [-0.2, 0) is 0 Å². The van der Waals surface area contributed by atoms with Crippen molar-refractivity contribution >= 4 is 33.9 Å². The number of nitrogens with one attached hydrogen (secondary N) is 1. The van der Waals surface area contributed by atoms with Crippen molar-refractivity contribution in [1.29, 1.82) is 0 Å². The third-order valence-electron chi connectivity index (χ3n) is 2.44. The lowest BCUT2D eigenvalue weighted by molar-refractivity contribution is -0.274. The Bertz CT molecular complexity index is 631. The van der Waals surface area contributed by atoms with E-state index < -0.39 is 12.1 Å². The Morgan fingerprint density at radius 1 is 1.37 bits per heavy atom. The molecule has 1 heterocycles. The number of fused-ring (bicyclic) bond motifs is 1. The highest BCUT2D eigenvalue weighted by molar-refractivity contribution is 6.37. The van der Waals surface area contributed by atoms with Crippen LogP contribution in [0.2, 0.25) is 5.02 Å². The van der Waals surface area contributed by atoms with E-state index in [-0.39, 0.29) is 21.6 Å². The molecule has 0 saturated heterocycles. The highest BCUT2D eigenvalue weighted by Crippen LogP contribution is 2.39. The first-order chi connectivity index (χ1) is 8.83. The third kappa shape index (κ3) is 2.60. The summed E-state index contributed by atoms with van der Waals surface area (Å²) in [6.07, 6.45) is -3.56. The molecule has 0 fully saturated rings. The van der Waals surface area contributed by atoms with Crippen molar-refractivity contribution < 1.29 is 17.9 Å². The molecule has 19 heavy (non-hydrogen) atoms. The zero-order valence-corrected chi connectivity index (χ0v) is 10.4. The predicted octanol–water partition coefficient (Wildman–Crippen LogP) is 3.41. The fraction of sp³-hybridized carbons (Fsp3) is 0.182. The Morgan fingerprint density at radius 2 is 2.05 bits per heavy atom. The van der Waals surface area contributed by atoms with E-state index in [0.29, 0.717) is 5.69 Å². The van der Waals surface area contributed by atoms with Crippen LogP contribution in [0.25, 0.3) is 10.9 Å². The average molecular weight is 292 g/mol. The van der Waals surface area contributed by atoms with Gasteiger partial charge in [0.25, 0.3) is 0 Å². The minimum atomic E-state index is -4.80. The van der Waals surface area contributed by atoms with Crippen LogP contribution in [0.5, 0.6) is 5.75 Å². The van der Waals surface area contributed by atoms with Crippen LogP contribution in [-0.4, -0.2) is 18.4 Å². The Hall–Kier alpha value is -1.89. The van der Waals surface area contributed by atoms with Gasteiger partial charge < -0.3 is 15.8 Å². The van der Waals surface area contributed by atoms with Crippen molar-refractivity contribution in [1.82, 2.24) is 4.98 Å². The molecule has 0 aliphatic heterocycles.